The second-order valence-corrected chi connectivity index (χ2v) is 16.9. The van der Waals surface area contributed by atoms with Gasteiger partial charge in [0.1, 0.15) is 25.9 Å². The molecular formula is C51H54N3O9PS. The molecule has 65 heavy (non-hydrogen) atoms. The normalized spacial score (nSPS) is 11.4. The van der Waals surface area contributed by atoms with E-state index in [1.54, 1.807) is 18.2 Å². The Hall–Kier alpha value is -6.50. The number of carbonyl (C=O) groups is 2. The smallest absolute Gasteiger partial charge is 0.485 e. The fourth-order valence-electron chi connectivity index (χ4n) is 6.35. The third kappa shape index (κ3) is 17.5. The zero-order valence-corrected chi connectivity index (χ0v) is 37.8. The number of phosphoric acid groups is 1. The quantitative estimate of drug-likeness (QED) is 0.0287. The van der Waals surface area contributed by atoms with E-state index in [4.69, 9.17) is 40.0 Å². The number of unbranched alkanes of at least 4 members (excludes halogenated alkanes) is 2. The topological polar surface area (TPSA) is 143 Å². The number of hydrogen-bond donors (Lipinski definition) is 3. The molecule has 0 bridgehead atoms. The molecule has 6 aromatic carbocycles. The van der Waals surface area contributed by atoms with Gasteiger partial charge in [0.05, 0.1) is 13.2 Å². The van der Waals surface area contributed by atoms with E-state index in [0.717, 1.165) is 34.2 Å². The first kappa shape index (κ1) is 48.0. The van der Waals surface area contributed by atoms with E-state index in [9.17, 15) is 14.2 Å². The Morgan fingerprint density at radius 1 is 0.508 bits per heavy atom. The van der Waals surface area contributed by atoms with E-state index in [1.807, 2.05) is 152 Å². The first-order valence-corrected chi connectivity index (χ1v) is 23.3. The minimum Gasteiger partial charge on any atom is -0.485 e. The number of alkyl carbamates (subject to hydrolysis) is 1. The van der Waals surface area contributed by atoms with Gasteiger partial charge in [-0.05, 0) is 77.0 Å². The summed E-state index contributed by atoms with van der Waals surface area (Å²) < 4.78 is 50.0. The molecule has 0 spiro atoms. The highest BCUT2D eigenvalue weighted by atomic mass is 32.1. The molecule has 0 fully saturated rings. The van der Waals surface area contributed by atoms with Gasteiger partial charge in [0.2, 0.25) is 5.91 Å². The molecule has 0 aliphatic rings. The molecule has 0 aromatic heterocycles. The van der Waals surface area contributed by atoms with Crippen LogP contribution in [0.4, 0.5) is 4.79 Å². The molecular weight excluding hydrogens is 862 g/mol. The molecule has 1 unspecified atom stereocenters. The van der Waals surface area contributed by atoms with Crippen molar-refractivity contribution in [1.29, 1.82) is 0 Å². The molecule has 0 aliphatic heterocycles. The number of rotatable bonds is 25. The van der Waals surface area contributed by atoms with E-state index >= 15 is 0 Å². The maximum Gasteiger partial charge on any atom is 0.530 e. The Bertz CT molecular complexity index is 2350. The van der Waals surface area contributed by atoms with Crippen molar-refractivity contribution >= 4 is 37.2 Å². The van der Waals surface area contributed by atoms with Crippen LogP contribution in [-0.2, 0) is 67.3 Å². The van der Waals surface area contributed by atoms with Gasteiger partial charge in [-0.2, -0.15) is 0 Å². The molecule has 338 valence electrons. The molecule has 0 saturated carbocycles. The van der Waals surface area contributed by atoms with Crippen molar-refractivity contribution in [1.82, 2.24) is 16.0 Å². The molecule has 14 heteroatoms. The Kier molecular flexibility index (Phi) is 19.4. The maximum absolute atomic E-state index is 14.4. The predicted octanol–water partition coefficient (Wildman–Crippen LogP) is 10.4. The highest BCUT2D eigenvalue weighted by molar-refractivity contribution is 7.80. The van der Waals surface area contributed by atoms with Crippen LogP contribution >= 0.6 is 20.0 Å². The molecule has 3 N–H and O–H groups in total. The molecule has 2 amide bonds. The van der Waals surface area contributed by atoms with Crippen LogP contribution in [0.25, 0.3) is 0 Å². The van der Waals surface area contributed by atoms with E-state index in [1.165, 1.54) is 0 Å². The summed E-state index contributed by atoms with van der Waals surface area (Å²) >= 11 is 5.58. The monoisotopic (exact) mass is 915 g/mol. The molecule has 0 aliphatic carbocycles. The van der Waals surface area contributed by atoms with Crippen LogP contribution in [0.1, 0.15) is 52.6 Å². The van der Waals surface area contributed by atoms with Crippen LogP contribution in [0.2, 0.25) is 0 Å². The van der Waals surface area contributed by atoms with Gasteiger partial charge in [0, 0.05) is 19.5 Å². The summed E-state index contributed by atoms with van der Waals surface area (Å²) in [6.07, 6.45) is 1.84. The van der Waals surface area contributed by atoms with Crippen molar-refractivity contribution in [3.05, 3.63) is 203 Å². The SMILES string of the molecule is O=C(NCCCCCNC(=O)C(Cc1ccc(OP(=O)(OCc2ccccc2)OCc2ccccc2)c(OCc2ccccc2)c1)NC(=S)OCc1ccccc1)OCc1ccccc1. The van der Waals surface area contributed by atoms with Crippen LogP contribution in [0.15, 0.2) is 170 Å². The molecule has 6 aromatic rings. The Balaban J connectivity index is 1.13. The summed E-state index contributed by atoms with van der Waals surface area (Å²) in [7, 11) is -4.27. The summed E-state index contributed by atoms with van der Waals surface area (Å²) in [6.45, 7) is 1.38. The van der Waals surface area contributed by atoms with Crippen LogP contribution < -0.4 is 25.2 Å². The molecule has 1 atom stereocenters. The van der Waals surface area contributed by atoms with Gasteiger partial charge in [0.15, 0.2) is 11.5 Å². The van der Waals surface area contributed by atoms with E-state index in [0.29, 0.717) is 31.5 Å². The summed E-state index contributed by atoms with van der Waals surface area (Å²) in [6, 6.07) is 51.6. The van der Waals surface area contributed by atoms with Crippen LogP contribution in [0.5, 0.6) is 11.5 Å². The van der Waals surface area contributed by atoms with E-state index in [-0.39, 0.29) is 62.0 Å². The third-order valence-corrected chi connectivity index (χ3v) is 11.4. The van der Waals surface area contributed by atoms with E-state index < -0.39 is 20.0 Å². The van der Waals surface area contributed by atoms with Crippen molar-refractivity contribution in [2.24, 2.45) is 0 Å². The minimum atomic E-state index is -4.27. The van der Waals surface area contributed by atoms with Gasteiger partial charge in [-0.15, -0.1) is 0 Å². The minimum absolute atomic E-state index is 0.0272. The second-order valence-electron chi connectivity index (χ2n) is 14.9. The number of carbonyl (C=O) groups excluding carboxylic acids is 2. The van der Waals surface area contributed by atoms with Gasteiger partial charge in [-0.3, -0.25) is 13.8 Å². The molecule has 0 saturated heterocycles. The van der Waals surface area contributed by atoms with Crippen LogP contribution in [-0.4, -0.2) is 36.3 Å². The Labute approximate surface area is 386 Å². The fourth-order valence-corrected chi connectivity index (χ4v) is 7.73. The second kappa shape index (κ2) is 26.3. The van der Waals surface area contributed by atoms with Crippen molar-refractivity contribution in [3.8, 4) is 11.5 Å². The number of nitrogens with one attached hydrogen (secondary N) is 3. The largest absolute Gasteiger partial charge is 0.530 e. The third-order valence-electron chi connectivity index (χ3n) is 9.82. The van der Waals surface area contributed by atoms with Crippen molar-refractivity contribution in [3.63, 3.8) is 0 Å². The van der Waals surface area contributed by atoms with Crippen molar-refractivity contribution < 1.29 is 41.9 Å². The molecule has 6 rings (SSSR count). The number of benzene rings is 6. The lowest BCUT2D eigenvalue weighted by Gasteiger charge is -2.22. The molecule has 12 nitrogen and oxygen atoms in total. The highest BCUT2D eigenvalue weighted by Gasteiger charge is 2.31. The Morgan fingerprint density at radius 3 is 1.49 bits per heavy atom. The Morgan fingerprint density at radius 2 is 0.969 bits per heavy atom. The highest BCUT2D eigenvalue weighted by Crippen LogP contribution is 2.53. The lowest BCUT2D eigenvalue weighted by Crippen LogP contribution is -2.48. The number of ether oxygens (including phenoxy) is 3. The number of amides is 2. The van der Waals surface area contributed by atoms with Gasteiger partial charge < -0.3 is 34.7 Å². The summed E-state index contributed by atoms with van der Waals surface area (Å²) in [5.41, 5.74) is 4.99. The predicted molar refractivity (Wildman–Crippen MR) is 254 cm³/mol. The first-order chi connectivity index (χ1) is 31.8. The number of hydrogen-bond acceptors (Lipinski definition) is 10. The van der Waals surface area contributed by atoms with Crippen molar-refractivity contribution in [2.75, 3.05) is 13.1 Å². The maximum atomic E-state index is 14.4. The zero-order valence-electron chi connectivity index (χ0n) is 36.1. The van der Waals surface area contributed by atoms with E-state index in [2.05, 4.69) is 16.0 Å². The molecule has 0 heterocycles. The molecule has 0 radical (unpaired) electrons. The van der Waals surface area contributed by atoms with Gasteiger partial charge in [0.25, 0.3) is 5.17 Å². The first-order valence-electron chi connectivity index (χ1n) is 21.5. The number of thiocarbonyl (C=S) groups is 1. The van der Waals surface area contributed by atoms with Crippen molar-refractivity contribution in [2.45, 2.75) is 64.8 Å². The fraction of sp³-hybridized carbons (Fsp3) is 0.235. The summed E-state index contributed by atoms with van der Waals surface area (Å²) in [5, 5.41) is 8.97. The summed E-state index contributed by atoms with van der Waals surface area (Å²) in [4.78, 5) is 26.0. The average Bonchev–Trinajstić information content (AvgIpc) is 3.35. The van der Waals surface area contributed by atoms with Gasteiger partial charge in [-0.25, -0.2) is 9.36 Å². The lowest BCUT2D eigenvalue weighted by molar-refractivity contribution is -0.122. The number of phosphoric ester groups is 1. The van der Waals surface area contributed by atoms with Gasteiger partial charge in [-0.1, -0.05) is 158 Å². The lowest BCUT2D eigenvalue weighted by atomic mass is 10.0. The van der Waals surface area contributed by atoms with Crippen LogP contribution in [0, 0.1) is 0 Å². The average molecular weight is 916 g/mol. The van der Waals surface area contributed by atoms with Crippen LogP contribution in [0.3, 0.4) is 0 Å². The standard InChI is InChI=1S/C51H54N3O9PS/c55-49(52-31-17-6-18-32-53-50(56)59-36-41-21-9-2-10-22-41)46(54-51(65)60-37-42-23-11-3-12-24-42)33-45-29-30-47(48(34-45)58-35-40-19-7-1-8-20-40)63-64(57,61-38-43-25-13-4-14-26-43)62-39-44-27-15-5-16-28-44/h1-5,7-16,19-30,34,46H,6,17-18,31-33,35-39H2,(H,52,55)(H,53,56)(H,54,65). The summed E-state index contributed by atoms with van der Waals surface area (Å²) in [5.74, 6) is 0.0973. The zero-order chi connectivity index (χ0) is 45.4. The van der Waals surface area contributed by atoms with Gasteiger partial charge >= 0.3 is 13.9 Å².